The predicted molar refractivity (Wildman–Crippen MR) is 75.1 cm³/mol. The number of nitrogens with one attached hydrogen (secondary N) is 1. The Kier molecular flexibility index (Phi) is 5.37. The maximum atomic E-state index is 11.5. The lowest BCUT2D eigenvalue weighted by Crippen LogP contribution is -2.38. The second-order valence-corrected chi connectivity index (χ2v) is 7.14. The molecule has 0 aliphatic heterocycles. The topological polar surface area (TPSA) is 116 Å². The number of ether oxygens (including phenoxy) is 1. The third kappa shape index (κ3) is 4.66. The van der Waals surface area contributed by atoms with E-state index in [0.29, 0.717) is 10.0 Å². The van der Waals surface area contributed by atoms with Crippen molar-refractivity contribution in [1.29, 1.82) is 0 Å². The number of carbonyl (C=O) groups excluding carboxylic acids is 2. The van der Waals surface area contributed by atoms with E-state index in [9.17, 15) is 18.0 Å². The van der Waals surface area contributed by atoms with E-state index >= 15 is 0 Å². The number of amides is 3. The van der Waals surface area contributed by atoms with Crippen LogP contribution in [-0.2, 0) is 13.8 Å². The third-order valence-electron chi connectivity index (χ3n) is 2.08. The summed E-state index contributed by atoms with van der Waals surface area (Å²) in [7, 11) is 1.25. The van der Waals surface area contributed by atoms with E-state index in [2.05, 4.69) is 15.9 Å². The highest BCUT2D eigenvalue weighted by Crippen LogP contribution is 2.33. The molecule has 7 nitrogen and oxygen atoms in total. The zero-order valence-electron chi connectivity index (χ0n) is 10.1. The molecule has 0 aliphatic carbocycles. The number of carbonyl (C=O) groups is 2. The molecule has 110 valence electrons. The van der Waals surface area contributed by atoms with Gasteiger partial charge in [0.25, 0.3) is 15.0 Å². The van der Waals surface area contributed by atoms with Crippen LogP contribution in [0, 0.1) is 6.92 Å². The molecule has 0 unspecified atom stereocenters. The van der Waals surface area contributed by atoms with Gasteiger partial charge in [-0.3, -0.25) is 10.1 Å². The molecule has 1 aromatic carbocycles. The third-order valence-corrected chi connectivity index (χ3v) is 3.86. The van der Waals surface area contributed by atoms with E-state index in [4.69, 9.17) is 21.2 Å². The molecule has 0 spiro atoms. The van der Waals surface area contributed by atoms with Crippen LogP contribution in [0.3, 0.4) is 0 Å². The van der Waals surface area contributed by atoms with Gasteiger partial charge < -0.3 is 10.5 Å². The summed E-state index contributed by atoms with van der Waals surface area (Å²) in [5, 5.41) is 1.79. The van der Waals surface area contributed by atoms with Crippen LogP contribution in [0.25, 0.3) is 0 Å². The van der Waals surface area contributed by atoms with Gasteiger partial charge in [0.2, 0.25) is 0 Å². The summed E-state index contributed by atoms with van der Waals surface area (Å²) in [4.78, 5) is 21.4. The van der Waals surface area contributed by atoms with Gasteiger partial charge in [-0.2, -0.15) is 0 Å². The smallest absolute Gasteiger partial charge is 0.318 e. The van der Waals surface area contributed by atoms with Crippen molar-refractivity contribution in [3.8, 4) is 5.75 Å². The number of benzene rings is 1. The SMILES string of the molecule is Cc1cc(Br)cc(S(=O)(=O)Cl)c1OCC(=O)NC(N)=O. The number of hydrogen-bond acceptors (Lipinski definition) is 5. The minimum absolute atomic E-state index is 0.0668. The van der Waals surface area contributed by atoms with E-state index < -0.39 is 27.6 Å². The molecule has 0 bridgehead atoms. The van der Waals surface area contributed by atoms with Crippen molar-refractivity contribution in [3.63, 3.8) is 0 Å². The molecule has 0 fully saturated rings. The summed E-state index contributed by atoms with van der Waals surface area (Å²) < 4.78 is 28.5. The number of urea groups is 1. The van der Waals surface area contributed by atoms with Crippen molar-refractivity contribution in [2.75, 3.05) is 6.61 Å². The fraction of sp³-hybridized carbons (Fsp3) is 0.200. The van der Waals surface area contributed by atoms with Gasteiger partial charge in [0.05, 0.1) is 0 Å². The Hall–Kier alpha value is -1.32. The molecule has 10 heteroatoms. The molecule has 0 atom stereocenters. The summed E-state index contributed by atoms with van der Waals surface area (Å²) in [5.74, 6) is -0.874. The van der Waals surface area contributed by atoms with Crippen molar-refractivity contribution in [2.24, 2.45) is 5.73 Å². The number of rotatable bonds is 4. The number of halogens is 2. The van der Waals surface area contributed by atoms with Crippen LogP contribution in [0.15, 0.2) is 21.5 Å². The fourth-order valence-electron chi connectivity index (χ4n) is 1.38. The number of aryl methyl sites for hydroxylation is 1. The number of nitrogens with two attached hydrogens (primary N) is 1. The Morgan fingerprint density at radius 1 is 1.45 bits per heavy atom. The molecule has 3 N–H and O–H groups in total. The summed E-state index contributed by atoms with van der Waals surface area (Å²) in [6.45, 7) is 1.00. The fourth-order valence-corrected chi connectivity index (χ4v) is 3.15. The van der Waals surface area contributed by atoms with E-state index in [1.165, 1.54) is 6.07 Å². The maximum absolute atomic E-state index is 11.5. The maximum Gasteiger partial charge on any atom is 0.318 e. The van der Waals surface area contributed by atoms with Crippen LogP contribution in [0.5, 0.6) is 5.75 Å². The molecule has 0 aromatic heterocycles. The molecule has 20 heavy (non-hydrogen) atoms. The Balaban J connectivity index is 3.06. The van der Waals surface area contributed by atoms with Gasteiger partial charge in [-0.15, -0.1) is 0 Å². The van der Waals surface area contributed by atoms with Crippen LogP contribution >= 0.6 is 26.6 Å². The minimum atomic E-state index is -4.06. The van der Waals surface area contributed by atoms with E-state index in [1.54, 1.807) is 18.3 Å². The second-order valence-electron chi connectivity index (χ2n) is 3.69. The lowest BCUT2D eigenvalue weighted by atomic mass is 10.2. The summed E-state index contributed by atoms with van der Waals surface area (Å²) in [6.07, 6.45) is 0. The first-order valence-corrected chi connectivity index (χ1v) is 8.18. The first kappa shape index (κ1) is 16.7. The van der Waals surface area contributed by atoms with Crippen LogP contribution in [0.4, 0.5) is 4.79 Å². The average Bonchev–Trinajstić information content (AvgIpc) is 2.24. The van der Waals surface area contributed by atoms with Gasteiger partial charge in [0.15, 0.2) is 6.61 Å². The van der Waals surface area contributed by atoms with Gasteiger partial charge in [0, 0.05) is 15.2 Å². The Labute approximate surface area is 128 Å². The van der Waals surface area contributed by atoms with E-state index in [-0.39, 0.29) is 10.6 Å². The van der Waals surface area contributed by atoms with E-state index in [1.807, 2.05) is 0 Å². The quantitative estimate of drug-likeness (QED) is 0.757. The normalized spacial score (nSPS) is 10.9. The van der Waals surface area contributed by atoms with Crippen molar-refractivity contribution in [3.05, 3.63) is 22.2 Å². The first-order valence-electron chi connectivity index (χ1n) is 5.08. The minimum Gasteiger partial charge on any atom is -0.482 e. The van der Waals surface area contributed by atoms with Crippen LogP contribution < -0.4 is 15.8 Å². The Morgan fingerprint density at radius 3 is 2.55 bits per heavy atom. The van der Waals surface area contributed by atoms with Crippen LogP contribution in [-0.4, -0.2) is 27.0 Å². The number of hydrogen-bond donors (Lipinski definition) is 2. The van der Waals surface area contributed by atoms with Crippen molar-refractivity contribution >= 4 is 47.6 Å². The largest absolute Gasteiger partial charge is 0.482 e. The highest BCUT2D eigenvalue weighted by atomic mass is 79.9. The lowest BCUT2D eigenvalue weighted by molar-refractivity contribution is -0.122. The molecule has 0 radical (unpaired) electrons. The Morgan fingerprint density at radius 2 is 2.05 bits per heavy atom. The molecule has 1 rings (SSSR count). The first-order chi connectivity index (χ1) is 9.11. The average molecular weight is 386 g/mol. The van der Waals surface area contributed by atoms with Crippen LogP contribution in [0.1, 0.15) is 5.56 Å². The molecule has 0 aliphatic rings. The summed E-state index contributed by atoms with van der Waals surface area (Å²) in [5.41, 5.74) is 5.21. The van der Waals surface area contributed by atoms with Gasteiger partial charge in [-0.1, -0.05) is 15.9 Å². The number of primary amides is 1. The highest BCUT2D eigenvalue weighted by molar-refractivity contribution is 9.10. The molecule has 0 saturated carbocycles. The van der Waals surface area contributed by atoms with Gasteiger partial charge in [-0.05, 0) is 24.6 Å². The predicted octanol–water partition coefficient (Wildman–Crippen LogP) is 1.26. The van der Waals surface area contributed by atoms with Crippen molar-refractivity contribution in [1.82, 2.24) is 5.32 Å². The molecule has 0 heterocycles. The van der Waals surface area contributed by atoms with Gasteiger partial charge in [-0.25, -0.2) is 13.2 Å². The van der Waals surface area contributed by atoms with E-state index in [0.717, 1.165) is 0 Å². The summed E-state index contributed by atoms with van der Waals surface area (Å²) in [6, 6.07) is 1.81. The zero-order valence-corrected chi connectivity index (χ0v) is 13.3. The highest BCUT2D eigenvalue weighted by Gasteiger charge is 2.21. The second kappa shape index (κ2) is 6.42. The molecule has 0 saturated heterocycles. The monoisotopic (exact) mass is 384 g/mol. The molecular formula is C10H10BrClN2O5S. The van der Waals surface area contributed by atoms with Gasteiger partial charge >= 0.3 is 6.03 Å². The van der Waals surface area contributed by atoms with Gasteiger partial charge in [0.1, 0.15) is 10.6 Å². The molecular weight excluding hydrogens is 376 g/mol. The zero-order chi connectivity index (χ0) is 15.5. The summed E-state index contributed by atoms with van der Waals surface area (Å²) >= 11 is 3.13. The van der Waals surface area contributed by atoms with Crippen LogP contribution in [0.2, 0.25) is 0 Å². The van der Waals surface area contributed by atoms with Crippen molar-refractivity contribution < 1.29 is 22.7 Å². The molecule has 3 amide bonds. The standard InChI is InChI=1S/C10H10BrClN2O5S/c1-5-2-6(11)3-7(20(12,17)18)9(5)19-4-8(15)14-10(13)16/h2-3H,4H2,1H3,(H3,13,14,15,16). The molecule has 1 aromatic rings. The lowest BCUT2D eigenvalue weighted by Gasteiger charge is -2.12. The number of imide groups is 1. The Bertz CT molecular complexity index is 662. The van der Waals surface area contributed by atoms with Crippen molar-refractivity contribution in [2.45, 2.75) is 11.8 Å².